The number of carbonyl (C=O) groups excluding carboxylic acids is 1. The van der Waals surface area contributed by atoms with Crippen LogP contribution in [0.5, 0.6) is 5.75 Å². The molecule has 0 saturated carbocycles. The fourth-order valence-electron chi connectivity index (χ4n) is 2.66. The van der Waals surface area contributed by atoms with Crippen molar-refractivity contribution in [2.24, 2.45) is 4.99 Å². The third-order valence-electron chi connectivity index (χ3n) is 3.89. The summed E-state index contributed by atoms with van der Waals surface area (Å²) in [6, 6.07) is 23.3. The molecule has 0 bridgehead atoms. The van der Waals surface area contributed by atoms with Gasteiger partial charge in [0.05, 0.1) is 13.5 Å². The summed E-state index contributed by atoms with van der Waals surface area (Å²) in [5, 5.41) is 0. The van der Waals surface area contributed by atoms with Gasteiger partial charge in [-0.3, -0.25) is 4.79 Å². The minimum atomic E-state index is -0.197. The lowest BCUT2D eigenvalue weighted by molar-refractivity contribution is -0.117. The summed E-state index contributed by atoms with van der Waals surface area (Å²) in [6.07, 6.45) is 2.15. The summed E-state index contributed by atoms with van der Waals surface area (Å²) >= 11 is 0. The van der Waals surface area contributed by atoms with Crippen molar-refractivity contribution in [1.82, 2.24) is 4.57 Å². The number of benzene rings is 2. The van der Waals surface area contributed by atoms with E-state index in [4.69, 9.17) is 4.74 Å². The summed E-state index contributed by atoms with van der Waals surface area (Å²) in [5.74, 6) is 0.508. The van der Waals surface area contributed by atoms with E-state index in [9.17, 15) is 4.79 Å². The maximum Gasteiger partial charge on any atom is 0.252 e. The summed E-state index contributed by atoms with van der Waals surface area (Å²) in [6.45, 7) is 0.669. The van der Waals surface area contributed by atoms with Crippen LogP contribution in [0.25, 0.3) is 0 Å². The van der Waals surface area contributed by atoms with Gasteiger partial charge >= 0.3 is 0 Å². The van der Waals surface area contributed by atoms with Crippen molar-refractivity contribution in [3.8, 4) is 5.75 Å². The molecule has 3 aromatic rings. The third-order valence-corrected chi connectivity index (χ3v) is 3.89. The number of para-hydroxylation sites is 1. The van der Waals surface area contributed by atoms with Crippen molar-refractivity contribution < 1.29 is 9.53 Å². The number of carbonyl (C=O) groups is 1. The van der Waals surface area contributed by atoms with Gasteiger partial charge in [0.1, 0.15) is 11.2 Å². The molecule has 0 unspecified atom stereocenters. The molecular formula is C21H20N2O2. The Morgan fingerprint density at radius 1 is 0.960 bits per heavy atom. The van der Waals surface area contributed by atoms with Crippen LogP contribution in [-0.2, 0) is 17.8 Å². The number of nitrogens with zero attached hydrogens (tertiary/aromatic N) is 2. The van der Waals surface area contributed by atoms with Crippen LogP contribution in [0.1, 0.15) is 11.1 Å². The highest BCUT2D eigenvalue weighted by molar-refractivity contribution is 5.80. The number of amides is 1. The first-order valence-electron chi connectivity index (χ1n) is 8.15. The fourth-order valence-corrected chi connectivity index (χ4v) is 2.66. The van der Waals surface area contributed by atoms with Gasteiger partial charge in [0, 0.05) is 18.3 Å². The average molecular weight is 332 g/mol. The van der Waals surface area contributed by atoms with E-state index in [0.29, 0.717) is 17.8 Å². The topological polar surface area (TPSA) is 43.6 Å². The fraction of sp³-hybridized carbons (Fsp3) is 0.143. The lowest BCUT2D eigenvalue weighted by Gasteiger charge is -2.08. The van der Waals surface area contributed by atoms with Crippen LogP contribution in [0, 0.1) is 0 Å². The predicted molar refractivity (Wildman–Crippen MR) is 97.2 cm³/mol. The lowest BCUT2D eigenvalue weighted by atomic mass is 10.1. The van der Waals surface area contributed by atoms with E-state index in [2.05, 4.69) is 17.1 Å². The largest absolute Gasteiger partial charge is 0.496 e. The second-order valence-corrected chi connectivity index (χ2v) is 5.67. The molecule has 126 valence electrons. The third kappa shape index (κ3) is 4.44. The number of hydrogen-bond acceptors (Lipinski definition) is 2. The van der Waals surface area contributed by atoms with Gasteiger partial charge in [0.15, 0.2) is 0 Å². The van der Waals surface area contributed by atoms with E-state index in [-0.39, 0.29) is 12.3 Å². The standard InChI is InChI=1S/C21H20N2O2/c1-25-19-12-6-5-11-18(19)15-21(24)22-20-13-7-8-14-23(20)16-17-9-3-2-4-10-17/h2-14H,15-16H2,1H3. The van der Waals surface area contributed by atoms with Crippen molar-refractivity contribution in [3.05, 3.63) is 95.6 Å². The molecule has 0 aliphatic rings. The SMILES string of the molecule is COc1ccccc1CC(=O)N=c1ccccn1Cc1ccccc1. The Hall–Kier alpha value is -3.14. The maximum atomic E-state index is 12.4. The summed E-state index contributed by atoms with van der Waals surface area (Å²) in [7, 11) is 1.60. The van der Waals surface area contributed by atoms with E-state index in [0.717, 1.165) is 11.1 Å². The van der Waals surface area contributed by atoms with Crippen LogP contribution in [0.2, 0.25) is 0 Å². The molecule has 3 rings (SSSR count). The Labute approximate surface area is 147 Å². The Balaban J connectivity index is 1.84. The lowest BCUT2D eigenvalue weighted by Crippen LogP contribution is -2.22. The minimum absolute atomic E-state index is 0.197. The van der Waals surface area contributed by atoms with Crippen LogP contribution in [0.15, 0.2) is 84.0 Å². The highest BCUT2D eigenvalue weighted by Gasteiger charge is 2.07. The zero-order valence-electron chi connectivity index (χ0n) is 14.1. The molecule has 0 spiro atoms. The van der Waals surface area contributed by atoms with E-state index in [1.165, 1.54) is 0 Å². The normalized spacial score (nSPS) is 11.3. The van der Waals surface area contributed by atoms with Crippen LogP contribution >= 0.6 is 0 Å². The molecule has 0 aliphatic carbocycles. The molecule has 0 radical (unpaired) electrons. The van der Waals surface area contributed by atoms with Gasteiger partial charge in [-0.2, -0.15) is 4.99 Å². The molecule has 1 heterocycles. The van der Waals surface area contributed by atoms with Gasteiger partial charge in [-0.1, -0.05) is 54.6 Å². The highest BCUT2D eigenvalue weighted by Crippen LogP contribution is 2.17. The van der Waals surface area contributed by atoms with Crippen molar-refractivity contribution in [1.29, 1.82) is 0 Å². The monoisotopic (exact) mass is 332 g/mol. The second-order valence-electron chi connectivity index (χ2n) is 5.67. The molecular weight excluding hydrogens is 312 g/mol. The molecule has 1 aromatic heterocycles. The number of rotatable bonds is 5. The van der Waals surface area contributed by atoms with Gasteiger partial charge in [-0.05, 0) is 23.8 Å². The molecule has 4 nitrogen and oxygen atoms in total. The number of methoxy groups -OCH3 is 1. The summed E-state index contributed by atoms with van der Waals surface area (Å²) < 4.78 is 7.27. The highest BCUT2D eigenvalue weighted by atomic mass is 16.5. The van der Waals surface area contributed by atoms with Crippen molar-refractivity contribution >= 4 is 5.91 Å². The number of aromatic nitrogens is 1. The zero-order valence-corrected chi connectivity index (χ0v) is 14.1. The van der Waals surface area contributed by atoms with E-state index >= 15 is 0 Å². The molecule has 0 N–H and O–H groups in total. The van der Waals surface area contributed by atoms with Gasteiger partial charge in [-0.25, -0.2) is 0 Å². The summed E-state index contributed by atoms with van der Waals surface area (Å²) in [5.41, 5.74) is 2.64. The molecule has 25 heavy (non-hydrogen) atoms. The van der Waals surface area contributed by atoms with E-state index < -0.39 is 0 Å². The Bertz CT molecular complexity index is 914. The van der Waals surface area contributed by atoms with Gasteiger partial charge in [0.25, 0.3) is 5.91 Å². The average Bonchev–Trinajstić information content (AvgIpc) is 2.64. The number of ether oxygens (including phenoxy) is 1. The number of pyridine rings is 1. The smallest absolute Gasteiger partial charge is 0.252 e. The first-order valence-corrected chi connectivity index (χ1v) is 8.15. The number of hydrogen-bond donors (Lipinski definition) is 0. The molecule has 1 amide bonds. The minimum Gasteiger partial charge on any atom is -0.496 e. The Morgan fingerprint density at radius 3 is 2.48 bits per heavy atom. The molecule has 0 saturated heterocycles. The first-order chi connectivity index (χ1) is 12.3. The first kappa shape index (κ1) is 16.7. The summed E-state index contributed by atoms with van der Waals surface area (Å²) in [4.78, 5) is 16.7. The quantitative estimate of drug-likeness (QED) is 0.720. The molecule has 0 aliphatic heterocycles. The van der Waals surface area contributed by atoms with E-state index in [1.807, 2.05) is 71.4 Å². The van der Waals surface area contributed by atoms with Crippen LogP contribution in [-0.4, -0.2) is 17.6 Å². The van der Waals surface area contributed by atoms with Crippen molar-refractivity contribution in [3.63, 3.8) is 0 Å². The van der Waals surface area contributed by atoms with Gasteiger partial charge < -0.3 is 9.30 Å². The van der Waals surface area contributed by atoms with Gasteiger partial charge in [0.2, 0.25) is 0 Å². The van der Waals surface area contributed by atoms with E-state index in [1.54, 1.807) is 7.11 Å². The Kier molecular flexibility index (Phi) is 5.42. The van der Waals surface area contributed by atoms with Crippen molar-refractivity contribution in [2.45, 2.75) is 13.0 Å². The Morgan fingerprint density at radius 2 is 1.68 bits per heavy atom. The zero-order chi connectivity index (χ0) is 17.5. The van der Waals surface area contributed by atoms with Gasteiger partial charge in [-0.15, -0.1) is 0 Å². The van der Waals surface area contributed by atoms with Crippen molar-refractivity contribution in [2.75, 3.05) is 7.11 Å². The molecule has 0 fully saturated rings. The molecule has 4 heteroatoms. The molecule has 0 atom stereocenters. The maximum absolute atomic E-state index is 12.4. The van der Waals surface area contributed by atoms with Crippen LogP contribution in [0.4, 0.5) is 0 Å². The predicted octanol–water partition coefficient (Wildman–Crippen LogP) is 3.22. The second kappa shape index (κ2) is 8.11. The molecule has 2 aromatic carbocycles. The van der Waals surface area contributed by atoms with Crippen LogP contribution < -0.4 is 10.2 Å². The van der Waals surface area contributed by atoms with Crippen LogP contribution in [0.3, 0.4) is 0 Å².